The minimum Gasteiger partial charge on any atom is -0.550 e. The molecule has 4 unspecified atom stereocenters. The van der Waals surface area contributed by atoms with Crippen molar-refractivity contribution in [2.24, 2.45) is 0 Å². The minimum atomic E-state index is -3.24. The number of carbonyl (C=O) groups is 2. The second kappa shape index (κ2) is 12.3. The van der Waals surface area contributed by atoms with Gasteiger partial charge in [0, 0.05) is 35.6 Å². The van der Waals surface area contributed by atoms with E-state index >= 15 is 0 Å². The summed E-state index contributed by atoms with van der Waals surface area (Å²) in [5.74, 6) is -2.56. The molecule has 132 valence electrons. The topological polar surface area (TPSA) is 155 Å². The molecule has 0 saturated heterocycles. The molecule has 0 amide bonds. The fraction of sp³-hybridized carbons (Fsp3) is 0.833. The molecule has 0 aliphatic heterocycles. The summed E-state index contributed by atoms with van der Waals surface area (Å²) in [4.78, 5) is 38.3. The summed E-state index contributed by atoms with van der Waals surface area (Å²) < 4.78 is 22.2. The van der Waals surface area contributed by atoms with Crippen molar-refractivity contribution in [1.29, 1.82) is 0 Å². The number of carbonyl (C=O) groups excluding carboxylic acids is 2. The molecule has 2 N–H and O–H groups in total. The molecule has 23 heavy (non-hydrogen) atoms. The van der Waals surface area contributed by atoms with Crippen LogP contribution in [0.25, 0.3) is 0 Å². The number of hydrogen-bond donors (Lipinski definition) is 2. The summed E-state index contributed by atoms with van der Waals surface area (Å²) in [5, 5.41) is 20.1. The SMILES string of the molecule is CCP(=O)(O)C(C)CC(=O)[O-].CCP(=O)(O)C(C)CC(=O)[O-].[Zn+2]. The molecule has 0 aromatic carbocycles. The molecule has 0 bridgehead atoms. The third-order valence-corrected chi connectivity index (χ3v) is 8.14. The van der Waals surface area contributed by atoms with Gasteiger partial charge in [-0.2, -0.15) is 0 Å². The normalized spacial score (nSPS) is 18.0. The average Bonchev–Trinajstić information content (AvgIpc) is 2.37. The quantitative estimate of drug-likeness (QED) is 0.395. The van der Waals surface area contributed by atoms with Gasteiger partial charge in [0.1, 0.15) is 0 Å². The molecule has 0 spiro atoms. The van der Waals surface area contributed by atoms with E-state index in [1.54, 1.807) is 13.8 Å². The molecule has 0 fully saturated rings. The van der Waals surface area contributed by atoms with Crippen LogP contribution in [0.2, 0.25) is 0 Å². The Kier molecular flexibility index (Phi) is 14.9. The van der Waals surface area contributed by atoms with Crippen LogP contribution in [-0.2, 0) is 38.2 Å². The number of aliphatic carboxylic acids is 2. The zero-order chi connectivity index (χ0) is 18.1. The Labute approximate surface area is 149 Å². The van der Waals surface area contributed by atoms with Crippen LogP contribution in [0.4, 0.5) is 0 Å². The van der Waals surface area contributed by atoms with Crippen molar-refractivity contribution in [3.8, 4) is 0 Å². The Morgan fingerprint density at radius 3 is 1.22 bits per heavy atom. The third-order valence-electron chi connectivity index (χ3n) is 3.21. The van der Waals surface area contributed by atoms with Crippen LogP contribution in [0.5, 0.6) is 0 Å². The van der Waals surface area contributed by atoms with Crippen LogP contribution >= 0.6 is 14.7 Å². The zero-order valence-electron chi connectivity index (χ0n) is 13.9. The molecule has 11 heteroatoms. The predicted octanol–water partition coefficient (Wildman–Crippen LogP) is -0.392. The third kappa shape index (κ3) is 13.0. The molecular formula is C12H24O8P2Zn. The van der Waals surface area contributed by atoms with Gasteiger partial charge in [0.2, 0.25) is 14.7 Å². The van der Waals surface area contributed by atoms with Gasteiger partial charge in [-0.25, -0.2) is 0 Å². The van der Waals surface area contributed by atoms with Crippen molar-refractivity contribution in [3.05, 3.63) is 0 Å². The van der Waals surface area contributed by atoms with E-state index in [-0.39, 0.29) is 44.6 Å². The van der Waals surface area contributed by atoms with E-state index in [1.807, 2.05) is 0 Å². The van der Waals surface area contributed by atoms with Gasteiger partial charge < -0.3 is 29.6 Å². The average molecular weight is 424 g/mol. The van der Waals surface area contributed by atoms with Crippen molar-refractivity contribution >= 4 is 26.7 Å². The number of rotatable bonds is 8. The van der Waals surface area contributed by atoms with Gasteiger partial charge in [0.05, 0.1) is 0 Å². The van der Waals surface area contributed by atoms with Crippen molar-refractivity contribution in [2.45, 2.75) is 51.9 Å². The maximum atomic E-state index is 11.1. The van der Waals surface area contributed by atoms with Gasteiger partial charge in [0.15, 0.2) is 0 Å². The van der Waals surface area contributed by atoms with E-state index in [4.69, 9.17) is 9.79 Å². The Morgan fingerprint density at radius 1 is 0.870 bits per heavy atom. The molecular weight excluding hydrogens is 399 g/mol. The first-order chi connectivity index (χ1) is 9.80. The van der Waals surface area contributed by atoms with Gasteiger partial charge >= 0.3 is 19.5 Å². The molecule has 0 aliphatic rings. The fourth-order valence-electron chi connectivity index (χ4n) is 1.39. The van der Waals surface area contributed by atoms with Crippen molar-refractivity contribution < 1.29 is 58.2 Å². The Morgan fingerprint density at radius 2 is 1.09 bits per heavy atom. The largest absolute Gasteiger partial charge is 2.00 e. The zero-order valence-corrected chi connectivity index (χ0v) is 18.7. The molecule has 0 aliphatic carbocycles. The Balaban J connectivity index is -0.000000333. The summed E-state index contributed by atoms with van der Waals surface area (Å²) in [6, 6.07) is 0. The summed E-state index contributed by atoms with van der Waals surface area (Å²) in [6.45, 7) is 6.01. The molecule has 0 aromatic heterocycles. The van der Waals surface area contributed by atoms with Crippen LogP contribution < -0.4 is 10.2 Å². The van der Waals surface area contributed by atoms with Gasteiger partial charge in [-0.05, 0) is 12.8 Å². The van der Waals surface area contributed by atoms with E-state index < -0.39 is 38.0 Å². The van der Waals surface area contributed by atoms with Crippen molar-refractivity contribution in [2.75, 3.05) is 12.3 Å². The van der Waals surface area contributed by atoms with E-state index in [0.29, 0.717) is 0 Å². The van der Waals surface area contributed by atoms with E-state index in [9.17, 15) is 28.9 Å². The predicted molar refractivity (Wildman–Crippen MR) is 78.9 cm³/mol. The monoisotopic (exact) mass is 422 g/mol. The second-order valence-electron chi connectivity index (χ2n) is 4.99. The molecule has 0 aromatic rings. The number of carboxylic acid groups (broad SMARTS) is 2. The summed E-state index contributed by atoms with van der Waals surface area (Å²) in [5.41, 5.74) is -1.39. The Bertz CT molecular complexity index is 426. The molecule has 0 heterocycles. The molecule has 0 saturated carbocycles. The number of hydrogen-bond acceptors (Lipinski definition) is 6. The molecule has 0 rings (SSSR count). The van der Waals surface area contributed by atoms with Gasteiger partial charge in [-0.15, -0.1) is 0 Å². The van der Waals surface area contributed by atoms with Crippen LogP contribution in [0.15, 0.2) is 0 Å². The maximum Gasteiger partial charge on any atom is 2.00 e. The molecule has 4 atom stereocenters. The smallest absolute Gasteiger partial charge is 0.550 e. The van der Waals surface area contributed by atoms with Crippen LogP contribution in [0, 0.1) is 0 Å². The molecule has 8 nitrogen and oxygen atoms in total. The number of carboxylic acids is 2. The summed E-state index contributed by atoms with van der Waals surface area (Å²) in [7, 11) is -6.48. The Hall–Kier alpha value is -0.0566. The van der Waals surface area contributed by atoms with Crippen molar-refractivity contribution in [1.82, 2.24) is 0 Å². The van der Waals surface area contributed by atoms with Crippen molar-refractivity contribution in [3.63, 3.8) is 0 Å². The summed E-state index contributed by atoms with van der Waals surface area (Å²) >= 11 is 0. The minimum absolute atomic E-state index is 0. The van der Waals surface area contributed by atoms with Gasteiger partial charge in [-0.1, -0.05) is 27.7 Å². The van der Waals surface area contributed by atoms with Crippen LogP contribution in [0.1, 0.15) is 40.5 Å². The van der Waals surface area contributed by atoms with Gasteiger partial charge in [0.25, 0.3) is 0 Å². The van der Waals surface area contributed by atoms with E-state index in [1.165, 1.54) is 13.8 Å². The first-order valence-corrected chi connectivity index (χ1v) is 10.7. The van der Waals surface area contributed by atoms with Gasteiger partial charge in [-0.3, -0.25) is 9.13 Å². The standard InChI is InChI=1S/2C6H13O4P.Zn/c2*1-3-11(9,10)5(2)4-6(7)8;/h2*5H,3-4H2,1-2H3,(H,7,8)(H,9,10);/q;;+2/p-2. The second-order valence-corrected chi connectivity index (χ2v) is 11.0. The first kappa shape index (κ1) is 27.8. The summed E-state index contributed by atoms with van der Waals surface area (Å²) in [6.07, 6.45) is -0.466. The first-order valence-electron chi connectivity index (χ1n) is 6.82. The molecule has 0 radical (unpaired) electrons. The van der Waals surface area contributed by atoms with Crippen LogP contribution in [0.3, 0.4) is 0 Å². The maximum absolute atomic E-state index is 11.1. The van der Waals surface area contributed by atoms with E-state index in [0.717, 1.165) is 0 Å². The fourth-order valence-corrected chi connectivity index (χ4v) is 3.51. The van der Waals surface area contributed by atoms with Crippen LogP contribution in [-0.4, -0.2) is 45.4 Å². The van der Waals surface area contributed by atoms with E-state index in [2.05, 4.69) is 0 Å².